The maximum absolute atomic E-state index is 9.72. The molecule has 2 N–H and O–H groups in total. The maximum Gasteiger partial charge on any atom is 0.121 e. The summed E-state index contributed by atoms with van der Waals surface area (Å²) in [5.74, 6) is 1.43. The van der Waals surface area contributed by atoms with Crippen LogP contribution in [0.3, 0.4) is 0 Å². The second kappa shape index (κ2) is 6.62. The van der Waals surface area contributed by atoms with Gasteiger partial charge in [0.15, 0.2) is 0 Å². The van der Waals surface area contributed by atoms with E-state index in [9.17, 15) is 5.11 Å². The van der Waals surface area contributed by atoms with E-state index in [-0.39, 0.29) is 6.61 Å². The van der Waals surface area contributed by atoms with Crippen molar-refractivity contribution < 1.29 is 9.84 Å². The summed E-state index contributed by atoms with van der Waals surface area (Å²) < 4.78 is 5.44. The zero-order valence-electron chi connectivity index (χ0n) is 10.0. The molecule has 18 heavy (non-hydrogen) atoms. The van der Waals surface area contributed by atoms with Crippen molar-refractivity contribution in [3.8, 4) is 5.75 Å². The van der Waals surface area contributed by atoms with E-state index in [2.05, 4.69) is 5.32 Å². The highest BCUT2D eigenvalue weighted by Gasteiger charge is 2.20. The van der Waals surface area contributed by atoms with Crippen molar-refractivity contribution in [3.63, 3.8) is 0 Å². The van der Waals surface area contributed by atoms with Crippen LogP contribution in [0.5, 0.6) is 5.75 Å². The summed E-state index contributed by atoms with van der Waals surface area (Å²) in [5.41, 5.74) is 0. The van der Waals surface area contributed by atoms with Gasteiger partial charge in [0.1, 0.15) is 18.5 Å². The Balaban J connectivity index is 1.67. The number of ether oxygens (including phenoxy) is 1. The van der Waals surface area contributed by atoms with E-state index < -0.39 is 6.10 Å². The third-order valence-electron chi connectivity index (χ3n) is 2.84. The van der Waals surface area contributed by atoms with Gasteiger partial charge in [-0.15, -0.1) is 0 Å². The molecular formula is C13H17Cl2NO2. The minimum Gasteiger partial charge on any atom is -0.491 e. The third-order valence-corrected chi connectivity index (χ3v) is 3.58. The molecule has 5 heteroatoms. The standard InChI is InChI=1S/C13H17Cl2NO2/c14-12-4-3-11(5-13(12)15)18-8-10(17)7-16-6-9-1-2-9/h3-5,9-10,16-17H,1-2,6-8H2. The van der Waals surface area contributed by atoms with Crippen molar-refractivity contribution in [3.05, 3.63) is 28.2 Å². The van der Waals surface area contributed by atoms with Crippen LogP contribution in [0, 0.1) is 5.92 Å². The van der Waals surface area contributed by atoms with E-state index in [1.165, 1.54) is 12.8 Å². The second-order valence-electron chi connectivity index (χ2n) is 4.64. The van der Waals surface area contributed by atoms with E-state index in [0.717, 1.165) is 12.5 Å². The predicted octanol–water partition coefficient (Wildman–Crippen LogP) is 2.73. The van der Waals surface area contributed by atoms with Crippen LogP contribution in [0.4, 0.5) is 0 Å². The molecule has 1 saturated carbocycles. The van der Waals surface area contributed by atoms with E-state index in [1.54, 1.807) is 18.2 Å². The minimum absolute atomic E-state index is 0.246. The van der Waals surface area contributed by atoms with Crippen LogP contribution in [0.2, 0.25) is 10.0 Å². The van der Waals surface area contributed by atoms with Crippen molar-refractivity contribution in [2.45, 2.75) is 18.9 Å². The average molecular weight is 290 g/mol. The van der Waals surface area contributed by atoms with Crippen LogP contribution in [-0.4, -0.2) is 30.9 Å². The van der Waals surface area contributed by atoms with Gasteiger partial charge in [0.2, 0.25) is 0 Å². The first-order chi connectivity index (χ1) is 8.65. The van der Waals surface area contributed by atoms with Gasteiger partial charge >= 0.3 is 0 Å². The highest BCUT2D eigenvalue weighted by Crippen LogP contribution is 2.27. The van der Waals surface area contributed by atoms with Gasteiger partial charge in [-0.1, -0.05) is 23.2 Å². The van der Waals surface area contributed by atoms with E-state index in [4.69, 9.17) is 27.9 Å². The summed E-state index contributed by atoms with van der Waals surface area (Å²) in [6, 6.07) is 5.06. The van der Waals surface area contributed by atoms with Crippen LogP contribution in [0.25, 0.3) is 0 Å². The van der Waals surface area contributed by atoms with Gasteiger partial charge in [0, 0.05) is 12.6 Å². The summed E-state index contributed by atoms with van der Waals surface area (Å²) >= 11 is 11.7. The van der Waals surface area contributed by atoms with Gasteiger partial charge < -0.3 is 15.2 Å². The molecule has 2 rings (SSSR count). The number of aliphatic hydroxyl groups excluding tert-OH is 1. The zero-order valence-corrected chi connectivity index (χ0v) is 11.5. The van der Waals surface area contributed by atoms with Crippen LogP contribution in [-0.2, 0) is 0 Å². The Kier molecular flexibility index (Phi) is 5.13. The molecule has 0 heterocycles. The molecule has 100 valence electrons. The van der Waals surface area contributed by atoms with Gasteiger partial charge in [0.05, 0.1) is 10.0 Å². The molecule has 1 aliphatic rings. The number of nitrogens with one attached hydrogen (secondary N) is 1. The van der Waals surface area contributed by atoms with Gasteiger partial charge in [-0.25, -0.2) is 0 Å². The SMILES string of the molecule is OC(CNCC1CC1)COc1ccc(Cl)c(Cl)c1. The first-order valence-corrected chi connectivity index (χ1v) is 6.87. The Bertz CT molecular complexity index is 397. The lowest BCUT2D eigenvalue weighted by atomic mass is 10.3. The first kappa shape index (κ1) is 13.9. The number of aliphatic hydroxyl groups is 1. The summed E-state index contributed by atoms with van der Waals surface area (Å²) in [6.45, 7) is 1.79. The summed E-state index contributed by atoms with van der Waals surface area (Å²) in [6.07, 6.45) is 2.10. The highest BCUT2D eigenvalue weighted by molar-refractivity contribution is 6.42. The molecule has 1 unspecified atom stereocenters. The average Bonchev–Trinajstić information content (AvgIpc) is 3.15. The fourth-order valence-electron chi connectivity index (χ4n) is 1.59. The molecule has 0 amide bonds. The number of halogens is 2. The molecule has 1 aliphatic carbocycles. The van der Waals surface area contributed by atoms with Crippen molar-refractivity contribution in [1.29, 1.82) is 0 Å². The van der Waals surface area contributed by atoms with Gasteiger partial charge in [-0.05, 0) is 37.4 Å². The molecule has 1 aromatic carbocycles. The van der Waals surface area contributed by atoms with Crippen molar-refractivity contribution in [2.24, 2.45) is 5.92 Å². The molecule has 1 atom stereocenters. The molecule has 0 spiro atoms. The topological polar surface area (TPSA) is 41.5 Å². The van der Waals surface area contributed by atoms with E-state index in [0.29, 0.717) is 22.3 Å². The lowest BCUT2D eigenvalue weighted by Crippen LogP contribution is -2.32. The Morgan fingerprint density at radius 3 is 2.78 bits per heavy atom. The monoisotopic (exact) mass is 289 g/mol. The number of hydrogen-bond donors (Lipinski definition) is 2. The fraction of sp³-hybridized carbons (Fsp3) is 0.538. The molecule has 1 aromatic rings. The van der Waals surface area contributed by atoms with Crippen LogP contribution in [0.1, 0.15) is 12.8 Å². The normalized spacial score (nSPS) is 16.6. The molecule has 0 aliphatic heterocycles. The Morgan fingerprint density at radius 2 is 2.11 bits per heavy atom. The maximum atomic E-state index is 9.72. The minimum atomic E-state index is -0.516. The lowest BCUT2D eigenvalue weighted by molar-refractivity contribution is 0.106. The smallest absolute Gasteiger partial charge is 0.121 e. The molecule has 0 radical (unpaired) electrons. The van der Waals surface area contributed by atoms with Crippen LogP contribution >= 0.6 is 23.2 Å². The number of hydrogen-bond acceptors (Lipinski definition) is 3. The van der Waals surface area contributed by atoms with Gasteiger partial charge in [-0.3, -0.25) is 0 Å². The molecule has 0 aromatic heterocycles. The Hall–Kier alpha value is -0.480. The number of benzene rings is 1. The summed E-state index contributed by atoms with van der Waals surface area (Å²) in [4.78, 5) is 0. The van der Waals surface area contributed by atoms with Crippen LogP contribution in [0.15, 0.2) is 18.2 Å². The molecule has 0 saturated heterocycles. The van der Waals surface area contributed by atoms with Gasteiger partial charge in [0.25, 0.3) is 0 Å². The zero-order chi connectivity index (χ0) is 13.0. The van der Waals surface area contributed by atoms with Crippen molar-refractivity contribution in [2.75, 3.05) is 19.7 Å². The summed E-state index contributed by atoms with van der Waals surface area (Å²) in [5, 5.41) is 13.9. The van der Waals surface area contributed by atoms with Crippen LogP contribution < -0.4 is 10.1 Å². The Morgan fingerprint density at radius 1 is 1.33 bits per heavy atom. The van der Waals surface area contributed by atoms with Crippen molar-refractivity contribution in [1.82, 2.24) is 5.32 Å². The summed E-state index contributed by atoms with van der Waals surface area (Å²) in [7, 11) is 0. The van der Waals surface area contributed by atoms with Gasteiger partial charge in [-0.2, -0.15) is 0 Å². The van der Waals surface area contributed by atoms with E-state index in [1.807, 2.05) is 0 Å². The largest absolute Gasteiger partial charge is 0.491 e. The highest BCUT2D eigenvalue weighted by atomic mass is 35.5. The van der Waals surface area contributed by atoms with Crippen molar-refractivity contribution >= 4 is 23.2 Å². The quantitative estimate of drug-likeness (QED) is 0.811. The second-order valence-corrected chi connectivity index (χ2v) is 5.46. The Labute approximate surface area is 117 Å². The molecule has 3 nitrogen and oxygen atoms in total. The van der Waals surface area contributed by atoms with E-state index >= 15 is 0 Å². The molecule has 1 fully saturated rings. The third kappa shape index (κ3) is 4.65. The first-order valence-electron chi connectivity index (χ1n) is 6.12. The lowest BCUT2D eigenvalue weighted by Gasteiger charge is -2.13. The number of rotatable bonds is 7. The predicted molar refractivity (Wildman–Crippen MR) is 73.6 cm³/mol. The molecule has 0 bridgehead atoms. The molecular weight excluding hydrogens is 273 g/mol. The fourth-order valence-corrected chi connectivity index (χ4v) is 1.88.